The number of hydrogen-bond acceptors (Lipinski definition) is 4. The molecule has 0 radical (unpaired) electrons. The van der Waals surface area contributed by atoms with Crippen molar-refractivity contribution in [1.82, 2.24) is 0 Å². The molecule has 0 atom stereocenters. The molecule has 2 aromatic rings. The summed E-state index contributed by atoms with van der Waals surface area (Å²) in [6.07, 6.45) is 1.82. The van der Waals surface area contributed by atoms with Crippen LogP contribution in [0.1, 0.15) is 44.7 Å². The summed E-state index contributed by atoms with van der Waals surface area (Å²) in [6.45, 7) is 3.13. The van der Waals surface area contributed by atoms with Crippen molar-refractivity contribution in [2.75, 3.05) is 68.6 Å². The lowest BCUT2D eigenvalue weighted by Crippen LogP contribution is -2.36. The average molecular weight is 441 g/mol. The molecule has 1 aliphatic rings. The zero-order valence-corrected chi connectivity index (χ0v) is 20.2. The quantitative estimate of drug-likeness (QED) is 0.358. The zero-order chi connectivity index (χ0) is 23.5. The van der Waals surface area contributed by atoms with Crippen molar-refractivity contribution in [2.45, 2.75) is 12.8 Å². The molecule has 6 heteroatoms. The normalized spacial score (nSPS) is 13.6. The van der Waals surface area contributed by atoms with Crippen LogP contribution in [-0.4, -0.2) is 89.1 Å². The number of rotatable bonds is 10. The first-order chi connectivity index (χ1) is 14.9. The van der Waals surface area contributed by atoms with Crippen LogP contribution in [0.3, 0.4) is 0 Å². The Morgan fingerprint density at radius 2 is 0.969 bits per heavy atom. The van der Waals surface area contributed by atoms with E-state index in [1.54, 1.807) is 36.4 Å². The molecule has 0 spiro atoms. The first-order valence-electron chi connectivity index (χ1n) is 11.2. The maximum Gasteiger partial charge on any atom is 0.194 e. The van der Waals surface area contributed by atoms with Gasteiger partial charge < -0.3 is 18.4 Å². The summed E-state index contributed by atoms with van der Waals surface area (Å²) in [5.41, 5.74) is 1.65. The van der Waals surface area contributed by atoms with E-state index in [2.05, 4.69) is 42.3 Å². The lowest BCUT2D eigenvalue weighted by Gasteiger charge is -2.24. The van der Waals surface area contributed by atoms with Crippen molar-refractivity contribution in [3.63, 3.8) is 0 Å². The number of nitrogens with zero attached hydrogens (tertiary/aromatic N) is 2. The first-order valence-corrected chi connectivity index (χ1v) is 11.2. The lowest BCUT2D eigenvalue weighted by molar-refractivity contribution is -0.870. The average Bonchev–Trinajstić information content (AvgIpc) is 2.71. The Morgan fingerprint density at radius 1 is 0.594 bits per heavy atom. The number of ether oxygens (including phenoxy) is 2. The van der Waals surface area contributed by atoms with Crippen molar-refractivity contribution in [3.8, 4) is 11.5 Å². The largest absolute Gasteiger partial charge is 0.493 e. The van der Waals surface area contributed by atoms with E-state index in [-0.39, 0.29) is 11.6 Å². The van der Waals surface area contributed by atoms with E-state index in [0.717, 1.165) is 34.9 Å². The fourth-order valence-corrected chi connectivity index (χ4v) is 3.75. The number of ketones is 2. The van der Waals surface area contributed by atoms with Crippen LogP contribution in [-0.2, 0) is 0 Å². The van der Waals surface area contributed by atoms with Gasteiger partial charge in [0.25, 0.3) is 0 Å². The van der Waals surface area contributed by atoms with Crippen molar-refractivity contribution in [2.24, 2.45) is 0 Å². The summed E-state index contributed by atoms with van der Waals surface area (Å²) in [6, 6.07) is 10.3. The predicted octanol–water partition coefficient (Wildman–Crippen LogP) is 3.41. The second kappa shape index (κ2) is 9.43. The van der Waals surface area contributed by atoms with E-state index in [0.29, 0.717) is 47.0 Å². The van der Waals surface area contributed by atoms with E-state index in [4.69, 9.17) is 9.47 Å². The van der Waals surface area contributed by atoms with E-state index in [1.165, 1.54) is 0 Å². The Labute approximate surface area is 191 Å². The highest BCUT2D eigenvalue weighted by Crippen LogP contribution is 2.32. The van der Waals surface area contributed by atoms with E-state index in [1.807, 2.05) is 0 Å². The highest BCUT2D eigenvalue weighted by Gasteiger charge is 2.30. The molecule has 2 aromatic carbocycles. The van der Waals surface area contributed by atoms with E-state index < -0.39 is 0 Å². The summed E-state index contributed by atoms with van der Waals surface area (Å²) in [4.78, 5) is 26.2. The van der Waals surface area contributed by atoms with Crippen molar-refractivity contribution < 1.29 is 28.0 Å². The highest BCUT2D eigenvalue weighted by atomic mass is 16.5. The van der Waals surface area contributed by atoms with Crippen LogP contribution >= 0.6 is 0 Å². The van der Waals surface area contributed by atoms with Crippen LogP contribution in [0.5, 0.6) is 11.5 Å². The van der Waals surface area contributed by atoms with Gasteiger partial charge in [0.15, 0.2) is 11.6 Å². The number of quaternary nitrogens is 2. The van der Waals surface area contributed by atoms with Crippen molar-refractivity contribution in [3.05, 3.63) is 58.7 Å². The molecule has 0 saturated carbocycles. The standard InChI is InChI=1S/C26H36N2O4/c1-27(2,3)13-7-15-31-19-9-11-21-23(17-19)25(29)22-12-10-20(18-24(22)26(21)30)32-16-8-14-28(4,5)6/h9-12,17-18H,7-8,13-16H2,1-6H3/q+2. The first kappa shape index (κ1) is 24.0. The summed E-state index contributed by atoms with van der Waals surface area (Å²) >= 11 is 0. The van der Waals surface area contributed by atoms with Gasteiger partial charge in [-0.15, -0.1) is 0 Å². The summed E-state index contributed by atoms with van der Waals surface area (Å²) < 4.78 is 13.4. The van der Waals surface area contributed by atoms with E-state index >= 15 is 0 Å². The smallest absolute Gasteiger partial charge is 0.194 e. The second-order valence-electron chi connectivity index (χ2n) is 10.5. The minimum atomic E-state index is -0.150. The molecule has 1 aliphatic carbocycles. The van der Waals surface area contributed by atoms with Gasteiger partial charge in [-0.25, -0.2) is 0 Å². The minimum absolute atomic E-state index is 0.150. The fourth-order valence-electron chi connectivity index (χ4n) is 3.75. The molecule has 0 aliphatic heterocycles. The molecule has 0 amide bonds. The topological polar surface area (TPSA) is 52.6 Å². The molecule has 0 fully saturated rings. The molecular weight excluding hydrogens is 404 g/mol. The maximum atomic E-state index is 13.1. The van der Waals surface area contributed by atoms with Crippen LogP contribution in [0.15, 0.2) is 36.4 Å². The Hall–Kier alpha value is -2.70. The monoisotopic (exact) mass is 440 g/mol. The summed E-state index contributed by atoms with van der Waals surface area (Å²) in [5, 5.41) is 0. The number of benzene rings is 2. The van der Waals surface area contributed by atoms with Crippen molar-refractivity contribution in [1.29, 1.82) is 0 Å². The van der Waals surface area contributed by atoms with Gasteiger partial charge in [-0.05, 0) is 36.4 Å². The number of carbonyl (C=O) groups is 2. The Morgan fingerprint density at radius 3 is 1.31 bits per heavy atom. The van der Waals surface area contributed by atoms with E-state index in [9.17, 15) is 9.59 Å². The molecule has 32 heavy (non-hydrogen) atoms. The van der Waals surface area contributed by atoms with Crippen LogP contribution in [0.4, 0.5) is 0 Å². The fraction of sp³-hybridized carbons (Fsp3) is 0.462. The minimum Gasteiger partial charge on any atom is -0.493 e. The Balaban J connectivity index is 1.69. The molecule has 0 N–H and O–H groups in total. The molecule has 172 valence electrons. The van der Waals surface area contributed by atoms with Crippen LogP contribution in [0, 0.1) is 0 Å². The highest BCUT2D eigenvalue weighted by molar-refractivity contribution is 6.28. The number of hydrogen-bond donors (Lipinski definition) is 0. The van der Waals surface area contributed by atoms with Gasteiger partial charge in [0.05, 0.1) is 68.6 Å². The molecule has 6 nitrogen and oxygen atoms in total. The summed E-state index contributed by atoms with van der Waals surface area (Å²) in [5.74, 6) is 0.935. The van der Waals surface area contributed by atoms with Gasteiger partial charge in [-0.3, -0.25) is 9.59 Å². The molecule has 0 unspecified atom stereocenters. The molecule has 3 rings (SSSR count). The van der Waals surface area contributed by atoms with Gasteiger partial charge in [-0.1, -0.05) is 0 Å². The number of fused-ring (bicyclic) bond motifs is 2. The van der Waals surface area contributed by atoms with Gasteiger partial charge in [0.1, 0.15) is 11.5 Å². The van der Waals surface area contributed by atoms with Gasteiger partial charge in [0, 0.05) is 35.1 Å². The third-order valence-corrected chi connectivity index (χ3v) is 5.44. The van der Waals surface area contributed by atoms with Crippen LogP contribution in [0.25, 0.3) is 0 Å². The Kier molecular flexibility index (Phi) is 7.06. The number of carbonyl (C=O) groups excluding carboxylic acids is 2. The molecule has 0 aromatic heterocycles. The van der Waals surface area contributed by atoms with Gasteiger partial charge >= 0.3 is 0 Å². The van der Waals surface area contributed by atoms with Gasteiger partial charge in [-0.2, -0.15) is 0 Å². The molecular formula is C26H36N2O4+2. The molecule has 0 heterocycles. The molecule has 0 bridgehead atoms. The summed E-state index contributed by atoms with van der Waals surface area (Å²) in [7, 11) is 12.8. The second-order valence-corrected chi connectivity index (χ2v) is 10.5. The third-order valence-electron chi connectivity index (χ3n) is 5.44. The predicted molar refractivity (Wildman–Crippen MR) is 126 cm³/mol. The third kappa shape index (κ3) is 6.17. The SMILES string of the molecule is C[N+](C)(C)CCCOc1ccc2c(c1)C(=O)c1ccc(OCCC[N+](C)(C)C)cc1C2=O. The Bertz CT molecular complexity index is 918. The lowest BCUT2D eigenvalue weighted by atomic mass is 9.84. The zero-order valence-electron chi connectivity index (χ0n) is 20.2. The van der Waals surface area contributed by atoms with Crippen LogP contribution in [0.2, 0.25) is 0 Å². The van der Waals surface area contributed by atoms with Gasteiger partial charge in [0.2, 0.25) is 0 Å². The van der Waals surface area contributed by atoms with Crippen LogP contribution < -0.4 is 9.47 Å². The maximum absolute atomic E-state index is 13.1. The molecule has 0 saturated heterocycles. The van der Waals surface area contributed by atoms with Crippen molar-refractivity contribution >= 4 is 11.6 Å².